The topological polar surface area (TPSA) is 77.5 Å². The maximum Gasteiger partial charge on any atom is 0.410 e. The fourth-order valence-corrected chi connectivity index (χ4v) is 13.5. The zero-order valence-corrected chi connectivity index (χ0v) is 31.0. The number of amides is 2. The van der Waals surface area contributed by atoms with E-state index in [-0.39, 0.29) is 53.9 Å². The molecule has 8 heteroatoms. The third kappa shape index (κ3) is 4.98. The van der Waals surface area contributed by atoms with Gasteiger partial charge in [0, 0.05) is 25.6 Å². The van der Waals surface area contributed by atoms with Gasteiger partial charge < -0.3 is 28.7 Å². The van der Waals surface area contributed by atoms with E-state index >= 15 is 0 Å². The Morgan fingerprint density at radius 3 is 2.31 bits per heavy atom. The summed E-state index contributed by atoms with van der Waals surface area (Å²) >= 11 is 0. The van der Waals surface area contributed by atoms with Crippen molar-refractivity contribution in [2.45, 2.75) is 150 Å². The van der Waals surface area contributed by atoms with Crippen LogP contribution >= 0.6 is 0 Å². The highest BCUT2D eigenvalue weighted by molar-refractivity contribution is 5.78. The molecular weight excluding hydrogens is 604 g/mol. The molecule has 0 N–H and O–H groups in total. The second-order valence-corrected chi connectivity index (χ2v) is 19.1. The molecule has 8 aliphatic rings. The largest absolute Gasteiger partial charge is 0.443 e. The van der Waals surface area contributed by atoms with E-state index in [4.69, 9.17) is 18.9 Å². The van der Waals surface area contributed by atoms with Gasteiger partial charge in [-0.3, -0.25) is 4.79 Å². The first-order chi connectivity index (χ1) is 22.8. The van der Waals surface area contributed by atoms with E-state index in [0.29, 0.717) is 53.9 Å². The minimum atomic E-state index is -0.320. The van der Waals surface area contributed by atoms with Crippen molar-refractivity contribution in [3.05, 3.63) is 0 Å². The van der Waals surface area contributed by atoms with Crippen molar-refractivity contribution < 1.29 is 28.5 Å². The summed E-state index contributed by atoms with van der Waals surface area (Å²) in [5.41, 5.74) is 1.39. The molecule has 2 spiro atoms. The van der Waals surface area contributed by atoms with Gasteiger partial charge >= 0.3 is 6.09 Å². The Bertz CT molecular complexity index is 1270. The molecule has 3 aliphatic heterocycles. The first-order valence-corrected chi connectivity index (χ1v) is 20.0. The van der Waals surface area contributed by atoms with Crippen molar-refractivity contribution in [2.75, 3.05) is 32.8 Å². The van der Waals surface area contributed by atoms with Gasteiger partial charge in [-0.15, -0.1) is 0 Å². The molecule has 2 amide bonds. The highest BCUT2D eigenvalue weighted by Crippen LogP contribution is 2.87. The Labute approximate surface area is 289 Å². The van der Waals surface area contributed by atoms with E-state index in [2.05, 4.69) is 34.6 Å². The molecule has 3 saturated heterocycles. The van der Waals surface area contributed by atoms with Crippen LogP contribution in [0, 0.1) is 57.2 Å². The van der Waals surface area contributed by atoms with Crippen LogP contribution in [0.5, 0.6) is 0 Å². The number of likely N-dealkylation sites (tertiary alicyclic amines) is 1. The third-order valence-corrected chi connectivity index (χ3v) is 16.1. The van der Waals surface area contributed by atoms with Crippen LogP contribution in [-0.4, -0.2) is 85.3 Å². The lowest BCUT2D eigenvalue weighted by Crippen LogP contribution is -2.56. The summed E-state index contributed by atoms with van der Waals surface area (Å²) in [7, 11) is 0. The lowest BCUT2D eigenvalue weighted by molar-refractivity contribution is -0.244. The molecule has 0 radical (unpaired) electrons. The van der Waals surface area contributed by atoms with Crippen LogP contribution in [0.15, 0.2) is 0 Å². The van der Waals surface area contributed by atoms with E-state index in [1.54, 1.807) is 0 Å². The van der Waals surface area contributed by atoms with Crippen LogP contribution < -0.4 is 0 Å². The maximum absolute atomic E-state index is 12.8. The molecular formula is C40H64N2O6. The summed E-state index contributed by atoms with van der Waals surface area (Å²) in [5.74, 6) is 3.29. The summed E-state index contributed by atoms with van der Waals surface area (Å²) < 4.78 is 26.1. The number of rotatable bonds is 6. The van der Waals surface area contributed by atoms with Gasteiger partial charge in [0.15, 0.2) is 6.29 Å². The smallest absolute Gasteiger partial charge is 0.410 e. The number of carbonyl (C=O) groups excluding carboxylic acids is 2. The Hall–Kier alpha value is -1.38. The Morgan fingerprint density at radius 2 is 1.60 bits per heavy atom. The van der Waals surface area contributed by atoms with E-state index in [1.807, 2.05) is 23.6 Å². The number of hydrogen-bond donors (Lipinski definition) is 0. The van der Waals surface area contributed by atoms with Crippen molar-refractivity contribution in [1.82, 2.24) is 9.80 Å². The number of ether oxygens (including phenoxy) is 4. The number of hydrogen-bond acceptors (Lipinski definition) is 6. The summed E-state index contributed by atoms with van der Waals surface area (Å²) in [4.78, 5) is 29.4. The molecule has 270 valence electrons. The van der Waals surface area contributed by atoms with Gasteiger partial charge in [-0.25, -0.2) is 4.79 Å². The predicted octanol–water partition coefficient (Wildman–Crippen LogP) is 7.29. The molecule has 5 unspecified atom stereocenters. The van der Waals surface area contributed by atoms with Crippen LogP contribution in [0.4, 0.5) is 4.79 Å². The zero-order chi connectivity index (χ0) is 33.8. The van der Waals surface area contributed by atoms with Crippen LogP contribution in [0.2, 0.25) is 0 Å². The first-order valence-electron chi connectivity index (χ1n) is 20.0. The SMILES string of the molecule is CC(C)C(=O)N1CCOC(O[C@H]2CCC34C[C@]35CCC3(C)C(C[C@H]6O[C@@H]([C@H](OC(=O)N7CCC7)C(C)C)CC[C@@H]63)C5CC[C@H]4C2(C)C)C1. The third-order valence-electron chi connectivity index (χ3n) is 16.1. The number of nitrogens with zero attached hydrogens (tertiary/aromatic N) is 2. The fourth-order valence-electron chi connectivity index (χ4n) is 13.5. The van der Waals surface area contributed by atoms with Gasteiger partial charge in [-0.05, 0) is 122 Å². The van der Waals surface area contributed by atoms with Crippen LogP contribution in [0.25, 0.3) is 0 Å². The van der Waals surface area contributed by atoms with Crippen molar-refractivity contribution >= 4 is 12.0 Å². The maximum atomic E-state index is 12.8. The van der Waals surface area contributed by atoms with Gasteiger partial charge in [0.25, 0.3) is 0 Å². The molecule has 0 aromatic rings. The van der Waals surface area contributed by atoms with Crippen molar-refractivity contribution in [1.29, 1.82) is 0 Å². The number of morpholine rings is 1. The average Bonchev–Trinajstić information content (AvgIpc) is 3.59. The molecule has 8 rings (SSSR count). The van der Waals surface area contributed by atoms with Crippen LogP contribution in [0.1, 0.15) is 119 Å². The average molecular weight is 669 g/mol. The van der Waals surface area contributed by atoms with Crippen LogP contribution in [0.3, 0.4) is 0 Å². The molecule has 5 aliphatic carbocycles. The minimum Gasteiger partial charge on any atom is -0.443 e. The van der Waals surface area contributed by atoms with Gasteiger partial charge in [0.2, 0.25) is 5.91 Å². The van der Waals surface area contributed by atoms with Crippen LogP contribution in [-0.2, 0) is 23.7 Å². The molecule has 12 atom stereocenters. The standard InChI is InChI=1S/C40H64N2O6/c1-24(2)34(48-36(44)41-17-8-18-41)29-11-9-27-30(46-29)21-28-26-10-12-31-37(5,6)32(47-33-22-42(19-20-45-33)35(43)25(3)4)13-14-40(31)23-39(26,40)16-15-38(27,28)7/h24-34H,8-23H2,1-7H3/t26?,27-,28?,29+,30+,31-,32-,33?,34+,38?,39-,40?/m0/s1. The molecule has 3 heterocycles. The second-order valence-electron chi connectivity index (χ2n) is 19.1. The lowest BCUT2D eigenvalue weighted by Gasteiger charge is -2.60. The highest BCUT2D eigenvalue weighted by atomic mass is 16.7. The normalized spacial score (nSPS) is 46.4. The van der Waals surface area contributed by atoms with Gasteiger partial charge in [-0.1, -0.05) is 48.5 Å². The van der Waals surface area contributed by atoms with E-state index in [1.165, 1.54) is 51.4 Å². The van der Waals surface area contributed by atoms with Gasteiger partial charge in [0.1, 0.15) is 6.10 Å². The Balaban J connectivity index is 0.946. The van der Waals surface area contributed by atoms with E-state index in [9.17, 15) is 9.59 Å². The molecule has 5 saturated carbocycles. The molecule has 8 fully saturated rings. The molecule has 8 nitrogen and oxygen atoms in total. The summed E-state index contributed by atoms with van der Waals surface area (Å²) in [6.45, 7) is 19.4. The number of fused-ring (bicyclic) bond motifs is 4. The second kappa shape index (κ2) is 11.8. The molecule has 0 bridgehead atoms. The summed E-state index contributed by atoms with van der Waals surface area (Å²) in [5, 5.41) is 0. The quantitative estimate of drug-likeness (QED) is 0.296. The predicted molar refractivity (Wildman–Crippen MR) is 183 cm³/mol. The zero-order valence-electron chi connectivity index (χ0n) is 31.0. The van der Waals surface area contributed by atoms with E-state index in [0.717, 1.165) is 44.2 Å². The van der Waals surface area contributed by atoms with Gasteiger partial charge in [0.05, 0.1) is 31.5 Å². The van der Waals surface area contributed by atoms with E-state index < -0.39 is 0 Å². The van der Waals surface area contributed by atoms with Crippen molar-refractivity contribution in [2.24, 2.45) is 57.2 Å². The minimum absolute atomic E-state index is 0.00162. The lowest BCUT2D eigenvalue weighted by atomic mass is 9.46. The Morgan fingerprint density at radius 1 is 0.833 bits per heavy atom. The molecule has 0 aromatic carbocycles. The van der Waals surface area contributed by atoms with Crippen molar-refractivity contribution in [3.63, 3.8) is 0 Å². The van der Waals surface area contributed by atoms with Crippen molar-refractivity contribution in [3.8, 4) is 0 Å². The summed E-state index contributed by atoms with van der Waals surface area (Å²) in [6.07, 6.45) is 13.5. The molecule has 48 heavy (non-hydrogen) atoms. The summed E-state index contributed by atoms with van der Waals surface area (Å²) in [6, 6.07) is 0. The Kier molecular flexibility index (Phi) is 8.32. The highest BCUT2D eigenvalue weighted by Gasteiger charge is 2.80. The number of carbonyl (C=O) groups is 2. The monoisotopic (exact) mass is 668 g/mol. The molecule has 0 aromatic heterocycles. The fraction of sp³-hybridized carbons (Fsp3) is 0.950. The first kappa shape index (κ1) is 33.7. The van der Waals surface area contributed by atoms with Gasteiger partial charge in [-0.2, -0.15) is 0 Å².